The summed E-state index contributed by atoms with van der Waals surface area (Å²) < 4.78 is 9.28. The lowest BCUT2D eigenvalue weighted by atomic mass is 9.85. The van der Waals surface area contributed by atoms with Gasteiger partial charge in [-0.2, -0.15) is 0 Å². The summed E-state index contributed by atoms with van der Waals surface area (Å²) in [5.74, 6) is 3.31. The molecule has 5 aromatic rings. The Balaban J connectivity index is 1.57. The van der Waals surface area contributed by atoms with Gasteiger partial charge in [0.2, 0.25) is 5.69 Å². The highest BCUT2D eigenvalue weighted by molar-refractivity contribution is 6.16. The van der Waals surface area contributed by atoms with Crippen molar-refractivity contribution in [1.82, 2.24) is 0 Å². The molecule has 2 heteroatoms. The summed E-state index contributed by atoms with van der Waals surface area (Å²) >= 11 is 0. The van der Waals surface area contributed by atoms with Gasteiger partial charge in [0.05, 0.1) is 10.9 Å². The van der Waals surface area contributed by atoms with Crippen molar-refractivity contribution in [2.75, 3.05) is 0 Å². The number of aryl methyl sites for hydroxylation is 2. The number of ether oxygens (including phenoxy) is 1. The Morgan fingerprint density at radius 1 is 0.917 bits per heavy atom. The molecule has 1 aliphatic heterocycles. The van der Waals surface area contributed by atoms with E-state index < -0.39 is 0 Å². The highest BCUT2D eigenvalue weighted by atomic mass is 16.5. The quantitative estimate of drug-likeness (QED) is 0.185. The molecule has 0 spiro atoms. The van der Waals surface area contributed by atoms with Crippen LogP contribution >= 0.6 is 0 Å². The van der Waals surface area contributed by atoms with Crippen molar-refractivity contribution in [1.29, 1.82) is 0 Å². The largest absolute Gasteiger partial charge is 0.455 e. The summed E-state index contributed by atoms with van der Waals surface area (Å²) in [4.78, 5) is 0. The van der Waals surface area contributed by atoms with Gasteiger partial charge in [-0.3, -0.25) is 0 Å². The van der Waals surface area contributed by atoms with E-state index in [1.807, 2.05) is 0 Å². The number of aromatic nitrogens is 1. The van der Waals surface area contributed by atoms with Gasteiger partial charge < -0.3 is 4.74 Å². The van der Waals surface area contributed by atoms with Crippen molar-refractivity contribution < 1.29 is 9.30 Å². The van der Waals surface area contributed by atoms with E-state index in [9.17, 15) is 0 Å². The van der Waals surface area contributed by atoms with E-state index in [0.717, 1.165) is 17.9 Å². The molecule has 0 bridgehead atoms. The fraction of sp³-hybridized carbons (Fsp3) is 0.324. The van der Waals surface area contributed by atoms with Crippen molar-refractivity contribution in [2.45, 2.75) is 58.8 Å². The zero-order valence-electron chi connectivity index (χ0n) is 21.8. The molecule has 1 fully saturated rings. The number of nitrogens with zero attached hydrogens (tertiary/aromatic N) is 1. The van der Waals surface area contributed by atoms with Crippen LogP contribution in [0.15, 0.2) is 60.8 Å². The van der Waals surface area contributed by atoms with Crippen molar-refractivity contribution in [3.63, 3.8) is 0 Å². The molecule has 0 saturated heterocycles. The molecular weight excluding hydrogens is 438 g/mol. The van der Waals surface area contributed by atoms with Crippen LogP contribution in [0, 0.1) is 12.8 Å². The minimum absolute atomic E-state index is 0.542. The zero-order valence-corrected chi connectivity index (χ0v) is 21.8. The predicted molar refractivity (Wildman–Crippen MR) is 150 cm³/mol. The van der Waals surface area contributed by atoms with Gasteiger partial charge in [0.15, 0.2) is 6.20 Å². The molecule has 2 aliphatic rings. The molecule has 0 N–H and O–H groups in total. The van der Waals surface area contributed by atoms with E-state index in [1.165, 1.54) is 85.9 Å². The lowest BCUT2D eigenvalue weighted by Gasteiger charge is -2.26. The van der Waals surface area contributed by atoms with Gasteiger partial charge in [-0.25, -0.2) is 4.57 Å². The lowest BCUT2D eigenvalue weighted by molar-refractivity contribution is -0.659. The van der Waals surface area contributed by atoms with Crippen LogP contribution in [0.4, 0.5) is 0 Å². The van der Waals surface area contributed by atoms with Crippen molar-refractivity contribution >= 4 is 32.3 Å². The molecule has 0 unspecified atom stereocenters. The molecule has 0 atom stereocenters. The molecule has 1 aromatic heterocycles. The van der Waals surface area contributed by atoms with Gasteiger partial charge in [0.25, 0.3) is 0 Å². The number of hydrogen-bond donors (Lipinski definition) is 0. The molecule has 36 heavy (non-hydrogen) atoms. The van der Waals surface area contributed by atoms with Crippen LogP contribution in [0.3, 0.4) is 0 Å². The lowest BCUT2D eigenvalue weighted by Crippen LogP contribution is -2.32. The first kappa shape index (κ1) is 21.9. The average molecular weight is 473 g/mol. The normalized spacial score (nSPS) is 15.2. The standard InChI is InChI=1S/C34H34NO/c1-20(2)17-29-27-12-8-7-11-25(27)21(3)31-33-32-28(15-16-35(33)4)26-14-13-23(22-9-5-6-10-22)18-24(26)19-30(32)36-34(29)31/h7-8,11-16,18-20,22H,5-6,9-10,17H2,1-4H3/q+1. The molecule has 2 nitrogen and oxygen atoms in total. The Hall–Kier alpha value is -3.39. The molecule has 0 radical (unpaired) electrons. The maximum Gasteiger partial charge on any atom is 0.228 e. The first-order valence-corrected chi connectivity index (χ1v) is 13.6. The van der Waals surface area contributed by atoms with E-state index >= 15 is 0 Å². The summed E-state index contributed by atoms with van der Waals surface area (Å²) in [6.07, 6.45) is 8.59. The second-order valence-corrected chi connectivity index (χ2v) is 11.5. The third-order valence-electron chi connectivity index (χ3n) is 8.64. The van der Waals surface area contributed by atoms with Crippen LogP contribution in [0.5, 0.6) is 11.5 Å². The summed E-state index contributed by atoms with van der Waals surface area (Å²) in [6.45, 7) is 6.87. The van der Waals surface area contributed by atoms with Gasteiger partial charge in [-0.1, -0.05) is 69.2 Å². The third kappa shape index (κ3) is 3.13. The molecule has 1 saturated carbocycles. The predicted octanol–water partition coefficient (Wildman–Crippen LogP) is 8.91. The second kappa shape index (κ2) is 8.06. The molecule has 2 heterocycles. The van der Waals surface area contributed by atoms with Gasteiger partial charge >= 0.3 is 0 Å². The first-order chi connectivity index (χ1) is 17.5. The fourth-order valence-corrected chi connectivity index (χ4v) is 6.95. The van der Waals surface area contributed by atoms with Gasteiger partial charge in [-0.05, 0) is 76.8 Å². The number of rotatable bonds is 3. The van der Waals surface area contributed by atoms with E-state index in [-0.39, 0.29) is 0 Å². The maximum absolute atomic E-state index is 6.99. The summed E-state index contributed by atoms with van der Waals surface area (Å²) in [6, 6.07) is 20.6. The van der Waals surface area contributed by atoms with Crippen molar-refractivity contribution in [3.8, 4) is 22.8 Å². The Labute approximate surface area is 213 Å². The molecule has 7 rings (SSSR count). The fourth-order valence-electron chi connectivity index (χ4n) is 6.95. The van der Waals surface area contributed by atoms with Crippen LogP contribution < -0.4 is 9.30 Å². The Bertz CT molecular complexity index is 1690. The van der Waals surface area contributed by atoms with Crippen LogP contribution in [0.25, 0.3) is 43.6 Å². The van der Waals surface area contributed by atoms with Crippen molar-refractivity contribution in [3.05, 3.63) is 77.5 Å². The SMILES string of the molecule is Cc1c2c(c(CC(C)C)c3ccccc13)Oc1cc3cc(C4CCCC4)ccc3c3cc[n+](C)c-2c13. The molecule has 180 valence electrons. The summed E-state index contributed by atoms with van der Waals surface area (Å²) in [5.41, 5.74) is 6.67. The number of pyridine rings is 1. The van der Waals surface area contributed by atoms with E-state index in [2.05, 4.69) is 93.2 Å². The molecular formula is C34H34NO+. The van der Waals surface area contributed by atoms with Crippen LogP contribution in [0.1, 0.15) is 62.1 Å². The smallest absolute Gasteiger partial charge is 0.228 e. The number of fused-ring (bicyclic) bond motifs is 5. The third-order valence-corrected chi connectivity index (χ3v) is 8.64. The van der Waals surface area contributed by atoms with Crippen molar-refractivity contribution in [2.24, 2.45) is 13.0 Å². The first-order valence-electron chi connectivity index (χ1n) is 13.6. The summed E-state index contributed by atoms with van der Waals surface area (Å²) in [7, 11) is 2.18. The van der Waals surface area contributed by atoms with E-state index in [4.69, 9.17) is 4.74 Å². The Morgan fingerprint density at radius 2 is 1.69 bits per heavy atom. The van der Waals surface area contributed by atoms with Gasteiger partial charge in [-0.15, -0.1) is 0 Å². The molecule has 0 amide bonds. The van der Waals surface area contributed by atoms with Gasteiger partial charge in [0.1, 0.15) is 18.5 Å². The van der Waals surface area contributed by atoms with Crippen LogP contribution in [0.2, 0.25) is 0 Å². The highest BCUT2D eigenvalue weighted by Gasteiger charge is 2.33. The number of benzene rings is 4. The van der Waals surface area contributed by atoms with Crippen LogP contribution in [-0.4, -0.2) is 0 Å². The Morgan fingerprint density at radius 3 is 2.47 bits per heavy atom. The summed E-state index contributed by atoms with van der Waals surface area (Å²) in [5, 5.41) is 7.81. The highest BCUT2D eigenvalue weighted by Crippen LogP contribution is 2.52. The van der Waals surface area contributed by atoms with E-state index in [1.54, 1.807) is 0 Å². The average Bonchev–Trinajstić information content (AvgIpc) is 3.42. The topological polar surface area (TPSA) is 13.1 Å². The number of hydrogen-bond acceptors (Lipinski definition) is 1. The zero-order chi connectivity index (χ0) is 24.6. The minimum atomic E-state index is 0.542. The van der Waals surface area contributed by atoms with E-state index in [0.29, 0.717) is 11.8 Å². The second-order valence-electron chi connectivity index (χ2n) is 11.5. The van der Waals surface area contributed by atoms with Gasteiger partial charge in [0, 0.05) is 17.0 Å². The monoisotopic (exact) mass is 472 g/mol. The molecule has 1 aliphatic carbocycles. The maximum atomic E-state index is 6.99. The van der Waals surface area contributed by atoms with Crippen LogP contribution in [-0.2, 0) is 13.5 Å². The molecule has 4 aromatic carbocycles. The Kier molecular flexibility index (Phi) is 4.90. The minimum Gasteiger partial charge on any atom is -0.455 e.